The largest absolute Gasteiger partial charge is 0.355 e. The van der Waals surface area contributed by atoms with Gasteiger partial charge in [-0.1, -0.05) is 32.4 Å². The van der Waals surface area contributed by atoms with Crippen molar-refractivity contribution in [2.75, 3.05) is 39.3 Å². The standard InChI is InChI=1S/C18H30ClN3O3S2/c1-4-21(5-2)13-10-20-18(23)14(3)15-8-11-22(12-9-15)27(24,25)17-7-6-16(19)26-17/h6-7,14-15H,4-5,8-13H2,1-3H3,(H,20,23). The van der Waals surface area contributed by atoms with Crippen LogP contribution < -0.4 is 5.32 Å². The van der Waals surface area contributed by atoms with Crippen LogP contribution >= 0.6 is 22.9 Å². The summed E-state index contributed by atoms with van der Waals surface area (Å²) in [5.74, 6) is 0.160. The van der Waals surface area contributed by atoms with Gasteiger partial charge >= 0.3 is 0 Å². The predicted molar refractivity (Wildman–Crippen MR) is 111 cm³/mol. The van der Waals surface area contributed by atoms with Crippen molar-refractivity contribution in [3.05, 3.63) is 16.5 Å². The number of carbonyl (C=O) groups is 1. The lowest BCUT2D eigenvalue weighted by atomic mass is 9.85. The van der Waals surface area contributed by atoms with Crippen LogP contribution in [-0.2, 0) is 14.8 Å². The molecular formula is C18H30ClN3O3S2. The van der Waals surface area contributed by atoms with E-state index in [0.717, 1.165) is 31.0 Å². The van der Waals surface area contributed by atoms with Crippen LogP contribution in [0, 0.1) is 11.8 Å². The number of carbonyl (C=O) groups excluding carboxylic acids is 1. The van der Waals surface area contributed by atoms with Crippen molar-refractivity contribution in [1.82, 2.24) is 14.5 Å². The van der Waals surface area contributed by atoms with Gasteiger partial charge in [0.15, 0.2) is 0 Å². The molecule has 2 heterocycles. The van der Waals surface area contributed by atoms with Crippen molar-refractivity contribution < 1.29 is 13.2 Å². The summed E-state index contributed by atoms with van der Waals surface area (Å²) in [5.41, 5.74) is 0. The lowest BCUT2D eigenvalue weighted by Gasteiger charge is -2.33. The average Bonchev–Trinajstić information content (AvgIpc) is 3.12. The highest BCUT2D eigenvalue weighted by molar-refractivity contribution is 7.91. The second kappa shape index (κ2) is 10.2. The van der Waals surface area contributed by atoms with Gasteiger partial charge in [-0.25, -0.2) is 8.42 Å². The Balaban J connectivity index is 1.83. The molecule has 1 atom stereocenters. The maximum Gasteiger partial charge on any atom is 0.252 e. The molecule has 154 valence electrons. The summed E-state index contributed by atoms with van der Waals surface area (Å²) in [6.07, 6.45) is 1.39. The minimum absolute atomic E-state index is 0.0634. The Morgan fingerprint density at radius 1 is 1.33 bits per heavy atom. The van der Waals surface area contributed by atoms with Crippen LogP contribution in [0.3, 0.4) is 0 Å². The quantitative estimate of drug-likeness (QED) is 0.647. The van der Waals surface area contributed by atoms with Gasteiger partial charge in [0.1, 0.15) is 4.21 Å². The van der Waals surface area contributed by atoms with Gasteiger partial charge in [0.2, 0.25) is 5.91 Å². The number of piperidine rings is 1. The van der Waals surface area contributed by atoms with Crippen LogP contribution in [-0.4, -0.2) is 62.8 Å². The molecule has 1 aromatic heterocycles. The van der Waals surface area contributed by atoms with Gasteiger partial charge in [-0.05, 0) is 44.0 Å². The molecule has 0 bridgehead atoms. The number of hydrogen-bond acceptors (Lipinski definition) is 5. The van der Waals surface area contributed by atoms with E-state index >= 15 is 0 Å². The zero-order valence-corrected chi connectivity index (χ0v) is 18.7. The van der Waals surface area contributed by atoms with E-state index in [4.69, 9.17) is 11.6 Å². The number of sulfonamides is 1. The summed E-state index contributed by atoms with van der Waals surface area (Å²) in [4.78, 5) is 14.7. The number of nitrogens with zero attached hydrogens (tertiary/aromatic N) is 2. The summed E-state index contributed by atoms with van der Waals surface area (Å²) >= 11 is 6.96. The second-order valence-corrected chi connectivity index (χ2v) is 10.8. The smallest absolute Gasteiger partial charge is 0.252 e. The van der Waals surface area contributed by atoms with E-state index in [1.165, 1.54) is 4.31 Å². The Hall–Kier alpha value is -0.670. The lowest BCUT2D eigenvalue weighted by molar-refractivity contribution is -0.126. The number of thiophene rings is 1. The summed E-state index contributed by atoms with van der Waals surface area (Å²) in [6, 6.07) is 3.16. The van der Waals surface area contributed by atoms with E-state index in [1.54, 1.807) is 12.1 Å². The monoisotopic (exact) mass is 435 g/mol. The maximum atomic E-state index is 12.7. The van der Waals surface area contributed by atoms with E-state index < -0.39 is 10.0 Å². The summed E-state index contributed by atoms with van der Waals surface area (Å²) in [7, 11) is -3.48. The fraction of sp³-hybridized carbons (Fsp3) is 0.722. The maximum absolute atomic E-state index is 12.7. The first-order valence-corrected chi connectivity index (χ1v) is 12.2. The predicted octanol–water partition coefficient (Wildman–Crippen LogP) is 2.90. The molecule has 1 amide bonds. The highest BCUT2D eigenvalue weighted by atomic mass is 35.5. The molecule has 0 spiro atoms. The lowest BCUT2D eigenvalue weighted by Crippen LogP contribution is -2.43. The van der Waals surface area contributed by atoms with Crippen molar-refractivity contribution >= 4 is 38.9 Å². The topological polar surface area (TPSA) is 69.7 Å². The van der Waals surface area contributed by atoms with E-state index in [2.05, 4.69) is 24.1 Å². The van der Waals surface area contributed by atoms with E-state index in [1.807, 2.05) is 6.92 Å². The highest BCUT2D eigenvalue weighted by Gasteiger charge is 2.34. The molecule has 1 unspecified atom stereocenters. The molecule has 0 saturated carbocycles. The zero-order chi connectivity index (χ0) is 20.0. The number of amides is 1. The third kappa shape index (κ3) is 5.90. The second-order valence-electron chi connectivity index (χ2n) is 6.91. The molecule has 0 aromatic carbocycles. The minimum atomic E-state index is -3.48. The molecule has 1 saturated heterocycles. The van der Waals surface area contributed by atoms with Crippen molar-refractivity contribution in [3.8, 4) is 0 Å². The summed E-state index contributed by atoms with van der Waals surface area (Å²) in [6.45, 7) is 10.5. The van der Waals surface area contributed by atoms with Crippen LogP contribution in [0.2, 0.25) is 4.34 Å². The van der Waals surface area contributed by atoms with Crippen LogP contribution in [0.1, 0.15) is 33.6 Å². The van der Waals surface area contributed by atoms with Gasteiger partial charge in [-0.2, -0.15) is 4.31 Å². The first-order chi connectivity index (χ1) is 12.8. The van der Waals surface area contributed by atoms with E-state index in [-0.39, 0.29) is 22.0 Å². The number of halogens is 1. The molecule has 1 aromatic rings. The molecule has 0 aliphatic carbocycles. The number of hydrogen-bond donors (Lipinski definition) is 1. The Bertz CT molecular complexity index is 711. The summed E-state index contributed by atoms with van der Waals surface area (Å²) < 4.78 is 27.6. The number of rotatable bonds is 9. The number of likely N-dealkylation sites (N-methyl/N-ethyl adjacent to an activating group) is 1. The molecule has 1 aliphatic rings. The first kappa shape index (κ1) is 22.6. The van der Waals surface area contributed by atoms with Gasteiger partial charge < -0.3 is 10.2 Å². The van der Waals surface area contributed by atoms with Crippen molar-refractivity contribution in [2.45, 2.75) is 37.8 Å². The van der Waals surface area contributed by atoms with Crippen molar-refractivity contribution in [2.24, 2.45) is 11.8 Å². The zero-order valence-electron chi connectivity index (χ0n) is 16.3. The molecule has 6 nitrogen and oxygen atoms in total. The van der Waals surface area contributed by atoms with Crippen LogP contribution in [0.4, 0.5) is 0 Å². The van der Waals surface area contributed by atoms with Gasteiger partial charge in [0, 0.05) is 32.1 Å². The van der Waals surface area contributed by atoms with E-state index in [0.29, 0.717) is 36.8 Å². The Labute approximate surface area is 171 Å². The SMILES string of the molecule is CCN(CC)CCNC(=O)C(C)C1CCN(S(=O)(=O)c2ccc(Cl)s2)CC1. The molecular weight excluding hydrogens is 406 g/mol. The third-order valence-electron chi connectivity index (χ3n) is 5.38. The average molecular weight is 436 g/mol. The molecule has 1 N–H and O–H groups in total. The van der Waals surface area contributed by atoms with Crippen LogP contribution in [0.25, 0.3) is 0 Å². The van der Waals surface area contributed by atoms with Gasteiger partial charge in [-0.3, -0.25) is 4.79 Å². The van der Waals surface area contributed by atoms with Gasteiger partial charge in [-0.15, -0.1) is 11.3 Å². The molecule has 1 aliphatic heterocycles. The number of nitrogens with one attached hydrogen (secondary N) is 1. The summed E-state index contributed by atoms with van der Waals surface area (Å²) in [5, 5.41) is 3.02. The van der Waals surface area contributed by atoms with Crippen LogP contribution in [0.5, 0.6) is 0 Å². The first-order valence-electron chi connectivity index (χ1n) is 9.55. The molecule has 2 rings (SSSR count). The van der Waals surface area contributed by atoms with Gasteiger partial charge in [0.25, 0.3) is 10.0 Å². The Morgan fingerprint density at radius 3 is 2.48 bits per heavy atom. The third-order valence-corrected chi connectivity index (χ3v) is 8.98. The van der Waals surface area contributed by atoms with Crippen LogP contribution in [0.15, 0.2) is 16.3 Å². The normalized spacial score (nSPS) is 18.0. The van der Waals surface area contributed by atoms with Crippen molar-refractivity contribution in [3.63, 3.8) is 0 Å². The molecule has 1 fully saturated rings. The fourth-order valence-corrected chi connectivity index (χ4v) is 6.54. The Kier molecular flexibility index (Phi) is 8.55. The van der Waals surface area contributed by atoms with Crippen molar-refractivity contribution in [1.29, 1.82) is 0 Å². The fourth-order valence-electron chi connectivity index (χ4n) is 3.43. The van der Waals surface area contributed by atoms with E-state index in [9.17, 15) is 13.2 Å². The van der Waals surface area contributed by atoms with Gasteiger partial charge in [0.05, 0.1) is 4.34 Å². The minimum Gasteiger partial charge on any atom is -0.355 e. The highest BCUT2D eigenvalue weighted by Crippen LogP contribution is 2.32. The molecule has 27 heavy (non-hydrogen) atoms. The Morgan fingerprint density at radius 2 is 1.96 bits per heavy atom. The molecule has 0 radical (unpaired) electrons. The molecule has 9 heteroatoms.